The third-order valence-electron chi connectivity index (χ3n) is 6.19. The molecular formula is C30H32N2O. The molecule has 0 bridgehead atoms. The number of aryl methyl sites for hydroxylation is 4. The van der Waals surface area contributed by atoms with Gasteiger partial charge in [0, 0.05) is 11.4 Å². The summed E-state index contributed by atoms with van der Waals surface area (Å²) in [4.78, 5) is 0. The number of ether oxygens (including phenoxy) is 1. The third kappa shape index (κ3) is 5.10. The molecule has 2 unspecified atom stereocenters. The van der Waals surface area contributed by atoms with Crippen LogP contribution in [0.1, 0.15) is 56.7 Å². The Morgan fingerprint density at radius 2 is 0.879 bits per heavy atom. The summed E-state index contributed by atoms with van der Waals surface area (Å²) in [7, 11) is 0. The van der Waals surface area contributed by atoms with E-state index in [4.69, 9.17) is 16.2 Å². The number of benzene rings is 4. The van der Waals surface area contributed by atoms with E-state index in [1.165, 1.54) is 11.1 Å². The van der Waals surface area contributed by atoms with Crippen molar-refractivity contribution >= 4 is 11.4 Å². The van der Waals surface area contributed by atoms with Crippen LogP contribution in [0.5, 0.6) is 0 Å². The summed E-state index contributed by atoms with van der Waals surface area (Å²) < 4.78 is 7.03. The van der Waals surface area contributed by atoms with Crippen LogP contribution in [-0.2, 0) is 4.74 Å². The van der Waals surface area contributed by atoms with Gasteiger partial charge < -0.3 is 16.2 Å². The molecule has 33 heavy (non-hydrogen) atoms. The molecule has 4 N–H and O–H groups in total. The molecule has 0 aliphatic heterocycles. The highest BCUT2D eigenvalue weighted by Crippen LogP contribution is 2.39. The van der Waals surface area contributed by atoms with Crippen molar-refractivity contribution in [1.82, 2.24) is 0 Å². The van der Waals surface area contributed by atoms with E-state index in [0.29, 0.717) is 0 Å². The van der Waals surface area contributed by atoms with Gasteiger partial charge >= 0.3 is 0 Å². The zero-order valence-electron chi connectivity index (χ0n) is 19.8. The highest BCUT2D eigenvalue weighted by atomic mass is 16.5. The molecule has 4 aromatic rings. The monoisotopic (exact) mass is 436 g/mol. The van der Waals surface area contributed by atoms with Gasteiger partial charge in [0.15, 0.2) is 0 Å². The number of hydrogen-bond donors (Lipinski definition) is 2. The molecule has 0 heterocycles. The summed E-state index contributed by atoms with van der Waals surface area (Å²) in [6.07, 6.45) is -0.510. The standard InChI is InChI=1S/C30H32N2O/c1-19-5-9-23(10-6-19)29(27-15-13-25(31)17-21(27)3)33-30(24-11-7-20(2)8-12-24)28-16-14-26(32)18-22(28)4/h5-18,29-30H,31-32H2,1-4H3. The molecule has 0 fully saturated rings. The van der Waals surface area contributed by atoms with Gasteiger partial charge in [-0.25, -0.2) is 0 Å². The smallest absolute Gasteiger partial charge is 0.109 e. The third-order valence-corrected chi connectivity index (χ3v) is 6.19. The van der Waals surface area contributed by atoms with E-state index < -0.39 is 0 Å². The molecular weight excluding hydrogens is 404 g/mol. The molecule has 3 heteroatoms. The van der Waals surface area contributed by atoms with Crippen molar-refractivity contribution in [2.45, 2.75) is 39.9 Å². The van der Waals surface area contributed by atoms with Crippen LogP contribution in [0, 0.1) is 27.7 Å². The molecule has 0 radical (unpaired) electrons. The van der Waals surface area contributed by atoms with Crippen LogP contribution in [0.4, 0.5) is 11.4 Å². The van der Waals surface area contributed by atoms with Crippen molar-refractivity contribution in [1.29, 1.82) is 0 Å². The maximum atomic E-state index is 7.03. The lowest BCUT2D eigenvalue weighted by atomic mass is 9.93. The van der Waals surface area contributed by atoms with Crippen LogP contribution >= 0.6 is 0 Å². The average molecular weight is 437 g/mol. The summed E-state index contributed by atoms with van der Waals surface area (Å²) in [5.41, 5.74) is 22.7. The fourth-order valence-corrected chi connectivity index (χ4v) is 4.27. The molecule has 0 aromatic heterocycles. The van der Waals surface area contributed by atoms with Gasteiger partial charge in [0.1, 0.15) is 12.2 Å². The van der Waals surface area contributed by atoms with Gasteiger partial charge in [-0.15, -0.1) is 0 Å². The van der Waals surface area contributed by atoms with E-state index in [9.17, 15) is 0 Å². The maximum absolute atomic E-state index is 7.03. The molecule has 0 aliphatic carbocycles. The normalized spacial score (nSPS) is 13.0. The van der Waals surface area contributed by atoms with E-state index in [2.05, 4.69) is 88.4 Å². The van der Waals surface area contributed by atoms with Crippen LogP contribution in [-0.4, -0.2) is 0 Å². The Bertz CT molecular complexity index is 1140. The molecule has 4 rings (SSSR count). The minimum atomic E-state index is -0.255. The Balaban J connectivity index is 1.86. The first-order chi connectivity index (χ1) is 15.8. The number of hydrogen-bond acceptors (Lipinski definition) is 3. The molecule has 0 aliphatic rings. The Kier molecular flexibility index (Phi) is 6.52. The van der Waals surface area contributed by atoms with Gasteiger partial charge in [0.2, 0.25) is 0 Å². The number of rotatable bonds is 6. The second kappa shape index (κ2) is 9.51. The summed E-state index contributed by atoms with van der Waals surface area (Å²) in [6.45, 7) is 8.37. The van der Waals surface area contributed by atoms with Gasteiger partial charge in [-0.1, -0.05) is 71.8 Å². The largest absolute Gasteiger partial charge is 0.399 e. The fraction of sp³-hybridized carbons (Fsp3) is 0.200. The quantitative estimate of drug-likeness (QED) is 0.321. The van der Waals surface area contributed by atoms with E-state index >= 15 is 0 Å². The minimum absolute atomic E-state index is 0.255. The molecule has 0 spiro atoms. The lowest BCUT2D eigenvalue weighted by Gasteiger charge is -2.29. The van der Waals surface area contributed by atoms with Gasteiger partial charge in [-0.3, -0.25) is 0 Å². The molecule has 168 valence electrons. The average Bonchev–Trinajstić information content (AvgIpc) is 2.78. The van der Waals surface area contributed by atoms with Crippen molar-refractivity contribution in [3.05, 3.63) is 129 Å². The van der Waals surface area contributed by atoms with E-state index in [-0.39, 0.29) is 12.2 Å². The minimum Gasteiger partial charge on any atom is -0.399 e. The summed E-state index contributed by atoms with van der Waals surface area (Å²) in [5, 5.41) is 0. The second-order valence-corrected chi connectivity index (χ2v) is 8.95. The van der Waals surface area contributed by atoms with Gasteiger partial charge in [0.25, 0.3) is 0 Å². The van der Waals surface area contributed by atoms with Crippen molar-refractivity contribution in [3.8, 4) is 0 Å². The van der Waals surface area contributed by atoms with Gasteiger partial charge in [-0.05, 0) is 85.3 Å². The fourth-order valence-electron chi connectivity index (χ4n) is 4.27. The molecule has 4 aromatic carbocycles. The van der Waals surface area contributed by atoms with E-state index in [1.54, 1.807) is 0 Å². The Morgan fingerprint density at radius 1 is 0.515 bits per heavy atom. The molecule has 2 atom stereocenters. The maximum Gasteiger partial charge on any atom is 0.109 e. The summed E-state index contributed by atoms with van der Waals surface area (Å²) in [5.74, 6) is 0. The van der Waals surface area contributed by atoms with Crippen LogP contribution in [0.15, 0.2) is 84.9 Å². The van der Waals surface area contributed by atoms with Crippen molar-refractivity contribution in [3.63, 3.8) is 0 Å². The Labute approximate surface area is 197 Å². The van der Waals surface area contributed by atoms with Crippen LogP contribution in [0.2, 0.25) is 0 Å². The predicted octanol–water partition coefficient (Wildman–Crippen LogP) is 6.98. The molecule has 0 saturated carbocycles. The number of anilines is 2. The zero-order valence-corrected chi connectivity index (χ0v) is 19.8. The lowest BCUT2D eigenvalue weighted by molar-refractivity contribution is 0.0302. The van der Waals surface area contributed by atoms with Crippen molar-refractivity contribution in [2.24, 2.45) is 0 Å². The summed E-state index contributed by atoms with van der Waals surface area (Å²) >= 11 is 0. The Morgan fingerprint density at radius 3 is 1.21 bits per heavy atom. The van der Waals surface area contributed by atoms with E-state index in [1.807, 2.05) is 24.3 Å². The lowest BCUT2D eigenvalue weighted by Crippen LogP contribution is -2.15. The van der Waals surface area contributed by atoms with Gasteiger partial charge in [0.05, 0.1) is 0 Å². The number of nitrogens with two attached hydrogens (primary N) is 2. The molecule has 0 amide bonds. The predicted molar refractivity (Wildman–Crippen MR) is 138 cm³/mol. The first kappa shape index (κ1) is 22.6. The SMILES string of the molecule is Cc1ccc(C(OC(c2ccc(C)cc2)c2ccc(N)cc2C)c2ccc(N)cc2C)cc1. The van der Waals surface area contributed by atoms with Crippen LogP contribution in [0.3, 0.4) is 0 Å². The van der Waals surface area contributed by atoms with E-state index in [0.717, 1.165) is 44.8 Å². The highest BCUT2D eigenvalue weighted by molar-refractivity contribution is 5.49. The van der Waals surface area contributed by atoms with Crippen molar-refractivity contribution < 1.29 is 4.74 Å². The topological polar surface area (TPSA) is 61.3 Å². The summed E-state index contributed by atoms with van der Waals surface area (Å²) in [6, 6.07) is 29.2. The van der Waals surface area contributed by atoms with Crippen LogP contribution in [0.25, 0.3) is 0 Å². The first-order valence-corrected chi connectivity index (χ1v) is 11.3. The zero-order chi connectivity index (χ0) is 23.5. The Hall–Kier alpha value is -3.56. The van der Waals surface area contributed by atoms with Crippen molar-refractivity contribution in [2.75, 3.05) is 11.5 Å². The molecule has 3 nitrogen and oxygen atoms in total. The first-order valence-electron chi connectivity index (χ1n) is 11.3. The number of nitrogen functional groups attached to an aromatic ring is 2. The molecule has 0 saturated heterocycles. The van der Waals surface area contributed by atoms with Crippen LogP contribution < -0.4 is 11.5 Å². The second-order valence-electron chi connectivity index (χ2n) is 8.95. The van der Waals surface area contributed by atoms with Gasteiger partial charge in [-0.2, -0.15) is 0 Å². The highest BCUT2D eigenvalue weighted by Gasteiger charge is 2.25.